The molecule has 0 aliphatic rings. The molecule has 0 bridgehead atoms. The van der Waals surface area contributed by atoms with E-state index in [2.05, 4.69) is 11.2 Å². The lowest BCUT2D eigenvalue weighted by Crippen LogP contribution is -2.48. The fourth-order valence-electron chi connectivity index (χ4n) is 1.55. The zero-order valence-corrected chi connectivity index (χ0v) is 11.6. The lowest BCUT2D eigenvalue weighted by Gasteiger charge is -2.20. The minimum atomic E-state index is -1.23. The first kappa shape index (κ1) is 16.5. The molecule has 1 aromatic rings. The highest BCUT2D eigenvalue weighted by molar-refractivity contribution is 5.80. The molecule has 0 radical (unpaired) electrons. The van der Waals surface area contributed by atoms with Gasteiger partial charge in [0, 0.05) is 0 Å². The second-order valence-electron chi connectivity index (χ2n) is 4.24. The van der Waals surface area contributed by atoms with Gasteiger partial charge in [-0.3, -0.25) is 0 Å². The molecule has 0 aliphatic carbocycles. The Balaban J connectivity index is 2.49. The smallest absolute Gasteiger partial charge is 0.408 e. The molecule has 0 spiro atoms. The predicted molar refractivity (Wildman–Crippen MR) is 75.4 cm³/mol. The van der Waals surface area contributed by atoms with Gasteiger partial charge >= 0.3 is 12.1 Å². The maximum Gasteiger partial charge on any atom is 0.408 e. The van der Waals surface area contributed by atoms with Gasteiger partial charge in [0.25, 0.3) is 0 Å². The molecule has 0 saturated carbocycles. The highest BCUT2D eigenvalue weighted by Crippen LogP contribution is 2.03. The Bertz CT molecular complexity index is 509. The number of carbonyl (C=O) groups is 2. The van der Waals surface area contributed by atoms with Crippen LogP contribution in [0.2, 0.25) is 0 Å². The summed E-state index contributed by atoms with van der Waals surface area (Å²) in [5, 5.41) is 11.3. The van der Waals surface area contributed by atoms with Crippen LogP contribution < -0.4 is 5.32 Å². The maximum absolute atomic E-state index is 11.6. The van der Waals surface area contributed by atoms with Crippen molar-refractivity contribution in [2.45, 2.75) is 25.7 Å². The number of hydrogen-bond donors (Lipinski definition) is 2. The maximum atomic E-state index is 11.6. The molecule has 0 unspecified atom stereocenters. The highest BCUT2D eigenvalue weighted by atomic mass is 16.5. The second kappa shape index (κ2) is 8.61. The van der Waals surface area contributed by atoms with Crippen molar-refractivity contribution in [1.29, 1.82) is 0 Å². The molecule has 1 amide bonds. The summed E-state index contributed by atoms with van der Waals surface area (Å²) in [5.41, 5.74) is 0.802. The van der Waals surface area contributed by atoms with Gasteiger partial charge in [-0.1, -0.05) is 36.3 Å². The Morgan fingerprint density at radius 3 is 2.62 bits per heavy atom. The number of hydrogen-bond acceptors (Lipinski definition) is 4. The molecular weight excluding hydrogens is 274 g/mol. The summed E-state index contributed by atoms with van der Waals surface area (Å²) in [6.07, 6.45) is 3.43. The number of amides is 1. The van der Waals surface area contributed by atoms with Crippen LogP contribution in [0.15, 0.2) is 30.3 Å². The van der Waals surface area contributed by atoms with Gasteiger partial charge < -0.3 is 19.9 Å². The molecule has 21 heavy (non-hydrogen) atoms. The summed E-state index contributed by atoms with van der Waals surface area (Å²) in [7, 11) is 0. The van der Waals surface area contributed by atoms with E-state index in [-0.39, 0.29) is 13.2 Å². The van der Waals surface area contributed by atoms with E-state index in [0.717, 1.165) is 5.56 Å². The largest absolute Gasteiger partial charge is 0.480 e. The van der Waals surface area contributed by atoms with E-state index in [1.807, 2.05) is 18.2 Å². The normalized spacial score (nSPS) is 12.8. The van der Waals surface area contributed by atoms with Crippen molar-refractivity contribution in [3.8, 4) is 12.3 Å². The molecule has 0 saturated heterocycles. The number of nitrogens with one attached hydrogen (secondary N) is 1. The first-order valence-corrected chi connectivity index (χ1v) is 6.29. The standard InChI is InChI=1S/C15H17NO5/c1-3-9-20-11(2)13(14(17)18)16-15(19)21-10-12-7-5-4-6-8-12/h1,4-8,11,13H,9-10H2,2H3,(H,16,19)(H,17,18)/t11-,13+/m1/s1. The molecule has 6 heteroatoms. The van der Waals surface area contributed by atoms with Crippen LogP contribution in [-0.4, -0.2) is 35.9 Å². The Kier molecular flexibility index (Phi) is 6.78. The average molecular weight is 291 g/mol. The van der Waals surface area contributed by atoms with Crippen LogP contribution in [0.3, 0.4) is 0 Å². The molecule has 0 aromatic heterocycles. The summed E-state index contributed by atoms with van der Waals surface area (Å²) < 4.78 is 10.0. The Labute approximate surface area is 123 Å². The van der Waals surface area contributed by atoms with Crippen LogP contribution in [0.4, 0.5) is 4.79 Å². The third-order valence-electron chi connectivity index (χ3n) is 2.65. The van der Waals surface area contributed by atoms with Crippen LogP contribution in [-0.2, 0) is 20.9 Å². The van der Waals surface area contributed by atoms with Gasteiger partial charge in [0.15, 0.2) is 6.04 Å². The Morgan fingerprint density at radius 2 is 2.05 bits per heavy atom. The van der Waals surface area contributed by atoms with E-state index < -0.39 is 24.2 Å². The lowest BCUT2D eigenvalue weighted by atomic mass is 10.2. The fourth-order valence-corrected chi connectivity index (χ4v) is 1.55. The summed E-state index contributed by atoms with van der Waals surface area (Å²) in [4.78, 5) is 22.7. The van der Waals surface area contributed by atoms with Gasteiger partial charge in [-0.15, -0.1) is 6.42 Å². The third-order valence-corrected chi connectivity index (χ3v) is 2.65. The van der Waals surface area contributed by atoms with Crippen molar-refractivity contribution in [2.75, 3.05) is 6.61 Å². The van der Waals surface area contributed by atoms with E-state index in [1.54, 1.807) is 12.1 Å². The molecule has 2 N–H and O–H groups in total. The molecule has 6 nitrogen and oxygen atoms in total. The number of aliphatic carboxylic acids is 1. The number of carbonyl (C=O) groups excluding carboxylic acids is 1. The summed E-state index contributed by atoms with van der Waals surface area (Å²) in [6.45, 7) is 1.53. The van der Waals surface area contributed by atoms with E-state index in [4.69, 9.17) is 21.0 Å². The van der Waals surface area contributed by atoms with E-state index in [0.29, 0.717) is 0 Å². The lowest BCUT2D eigenvalue weighted by molar-refractivity contribution is -0.143. The first-order valence-electron chi connectivity index (χ1n) is 6.29. The van der Waals surface area contributed by atoms with Crippen molar-refractivity contribution in [3.63, 3.8) is 0 Å². The Hall–Kier alpha value is -2.52. The van der Waals surface area contributed by atoms with Crippen molar-refractivity contribution in [3.05, 3.63) is 35.9 Å². The minimum Gasteiger partial charge on any atom is -0.480 e. The number of benzene rings is 1. The number of carboxylic acids is 1. The predicted octanol–water partition coefficient (Wildman–Crippen LogP) is 1.40. The molecule has 112 valence electrons. The van der Waals surface area contributed by atoms with Crippen LogP contribution >= 0.6 is 0 Å². The topological polar surface area (TPSA) is 84.9 Å². The van der Waals surface area contributed by atoms with Gasteiger partial charge in [-0.2, -0.15) is 0 Å². The van der Waals surface area contributed by atoms with Crippen molar-refractivity contribution < 1.29 is 24.2 Å². The van der Waals surface area contributed by atoms with E-state index in [1.165, 1.54) is 6.92 Å². The average Bonchev–Trinajstić information content (AvgIpc) is 2.49. The zero-order chi connectivity index (χ0) is 15.7. The van der Waals surface area contributed by atoms with Crippen LogP contribution in [0, 0.1) is 12.3 Å². The van der Waals surface area contributed by atoms with Gasteiger partial charge in [0.1, 0.15) is 13.2 Å². The summed E-state index contributed by atoms with van der Waals surface area (Å²) >= 11 is 0. The third kappa shape index (κ3) is 5.97. The number of alkyl carbamates (subject to hydrolysis) is 1. The first-order chi connectivity index (χ1) is 10.0. The van der Waals surface area contributed by atoms with Crippen LogP contribution in [0.5, 0.6) is 0 Å². The minimum absolute atomic E-state index is 0.0360. The highest BCUT2D eigenvalue weighted by Gasteiger charge is 2.27. The molecular formula is C15H17NO5. The monoisotopic (exact) mass is 291 g/mol. The van der Waals surface area contributed by atoms with Gasteiger partial charge in [0.2, 0.25) is 0 Å². The quantitative estimate of drug-likeness (QED) is 0.742. The van der Waals surface area contributed by atoms with Gasteiger partial charge in [0.05, 0.1) is 6.10 Å². The number of carboxylic acid groups (broad SMARTS) is 1. The van der Waals surface area contributed by atoms with E-state index >= 15 is 0 Å². The van der Waals surface area contributed by atoms with Crippen molar-refractivity contribution in [1.82, 2.24) is 5.32 Å². The molecule has 2 atom stereocenters. The number of ether oxygens (including phenoxy) is 2. The fraction of sp³-hybridized carbons (Fsp3) is 0.333. The van der Waals surface area contributed by atoms with Gasteiger partial charge in [-0.05, 0) is 12.5 Å². The summed E-state index contributed by atoms with van der Waals surface area (Å²) in [6, 6.07) is 7.82. The van der Waals surface area contributed by atoms with Crippen molar-refractivity contribution >= 4 is 12.1 Å². The zero-order valence-electron chi connectivity index (χ0n) is 11.6. The van der Waals surface area contributed by atoms with E-state index in [9.17, 15) is 9.59 Å². The molecule has 0 heterocycles. The molecule has 0 fully saturated rings. The van der Waals surface area contributed by atoms with Gasteiger partial charge in [-0.25, -0.2) is 9.59 Å². The number of terminal acetylenes is 1. The van der Waals surface area contributed by atoms with Crippen LogP contribution in [0.25, 0.3) is 0 Å². The molecule has 0 aliphatic heterocycles. The molecule has 1 rings (SSSR count). The van der Waals surface area contributed by atoms with Crippen molar-refractivity contribution in [2.24, 2.45) is 0 Å². The van der Waals surface area contributed by atoms with Crippen LogP contribution in [0.1, 0.15) is 12.5 Å². The molecule has 1 aromatic carbocycles. The SMILES string of the molecule is C#CCO[C@H](C)[C@H](NC(=O)OCc1ccccc1)C(=O)O. The Morgan fingerprint density at radius 1 is 1.38 bits per heavy atom. The second-order valence-corrected chi connectivity index (χ2v) is 4.24. The number of rotatable bonds is 7. The summed E-state index contributed by atoms with van der Waals surface area (Å²) in [5.74, 6) is 1.01.